The topological polar surface area (TPSA) is 103 Å². The van der Waals surface area contributed by atoms with E-state index in [1.165, 1.54) is 24.2 Å². The minimum absolute atomic E-state index is 0.208. The lowest BCUT2D eigenvalue weighted by atomic mass is 9.52. The Kier molecular flexibility index (Phi) is 3.77. The summed E-state index contributed by atoms with van der Waals surface area (Å²) in [7, 11) is 0. The third kappa shape index (κ3) is 2.85. The number of carbonyl (C=O) groups is 1. The maximum Gasteiger partial charge on any atom is 0.261 e. The Bertz CT molecular complexity index is 1060. The van der Waals surface area contributed by atoms with E-state index in [-0.39, 0.29) is 11.9 Å². The van der Waals surface area contributed by atoms with Crippen molar-refractivity contribution in [1.82, 2.24) is 15.0 Å². The van der Waals surface area contributed by atoms with Crippen LogP contribution in [-0.4, -0.2) is 37.6 Å². The molecule has 0 aliphatic heterocycles. The number of nitrogens with zero attached hydrogens (tertiary/aromatic N) is 2. The van der Waals surface area contributed by atoms with Crippen LogP contribution in [-0.2, 0) is 0 Å². The molecule has 29 heavy (non-hydrogen) atoms. The summed E-state index contributed by atoms with van der Waals surface area (Å²) in [5, 5.41) is 20.9. The van der Waals surface area contributed by atoms with Gasteiger partial charge in [0.15, 0.2) is 5.13 Å². The van der Waals surface area contributed by atoms with E-state index in [1.807, 2.05) is 17.6 Å². The number of aromatic nitrogens is 3. The number of rotatable bonds is 4. The SMILES string of the molecule is O=C(Nc1nccs1)c1cnc2[nH]ccc2c1NC1C2CC3CC1CC(O)(C3)C2. The van der Waals surface area contributed by atoms with Gasteiger partial charge in [0.1, 0.15) is 5.65 Å². The Balaban J connectivity index is 1.36. The van der Waals surface area contributed by atoms with E-state index in [0.29, 0.717) is 28.4 Å². The summed E-state index contributed by atoms with van der Waals surface area (Å²) in [6, 6.07) is 2.24. The highest BCUT2D eigenvalue weighted by molar-refractivity contribution is 7.13. The monoisotopic (exact) mass is 409 g/mol. The highest BCUT2D eigenvalue weighted by Gasteiger charge is 2.54. The van der Waals surface area contributed by atoms with Gasteiger partial charge in [0.25, 0.3) is 5.91 Å². The van der Waals surface area contributed by atoms with Gasteiger partial charge in [0.2, 0.25) is 0 Å². The van der Waals surface area contributed by atoms with Gasteiger partial charge in [-0.2, -0.15) is 0 Å². The maximum atomic E-state index is 13.0. The van der Waals surface area contributed by atoms with Crippen LogP contribution in [0.1, 0.15) is 42.5 Å². The number of nitrogens with one attached hydrogen (secondary N) is 3. The fourth-order valence-corrected chi connectivity index (χ4v) is 6.69. The van der Waals surface area contributed by atoms with Gasteiger partial charge >= 0.3 is 0 Å². The molecule has 4 aliphatic carbocycles. The highest BCUT2D eigenvalue weighted by Crippen LogP contribution is 2.56. The Morgan fingerprint density at radius 2 is 2.07 bits per heavy atom. The maximum absolute atomic E-state index is 13.0. The number of amides is 1. The zero-order chi connectivity index (χ0) is 19.6. The van der Waals surface area contributed by atoms with Crippen molar-refractivity contribution in [2.45, 2.75) is 43.7 Å². The van der Waals surface area contributed by atoms with Gasteiger partial charge in [-0.3, -0.25) is 10.1 Å². The molecule has 7 nitrogen and oxygen atoms in total. The summed E-state index contributed by atoms with van der Waals surface area (Å²) in [5.41, 5.74) is 1.65. The molecule has 150 valence electrons. The molecule has 3 aromatic heterocycles. The van der Waals surface area contributed by atoms with Crippen molar-refractivity contribution in [3.05, 3.63) is 35.6 Å². The number of pyridine rings is 1. The highest BCUT2D eigenvalue weighted by atomic mass is 32.1. The summed E-state index contributed by atoms with van der Waals surface area (Å²) in [4.78, 5) is 24.8. The predicted octanol–water partition coefficient (Wildman–Crippen LogP) is 3.62. The van der Waals surface area contributed by atoms with E-state index in [1.54, 1.807) is 12.4 Å². The molecule has 2 atom stereocenters. The molecule has 7 rings (SSSR count). The van der Waals surface area contributed by atoms with Gasteiger partial charge in [-0.25, -0.2) is 9.97 Å². The number of anilines is 2. The molecular formula is C21H23N5O2S. The van der Waals surface area contributed by atoms with Crippen molar-refractivity contribution < 1.29 is 9.90 Å². The largest absolute Gasteiger partial charge is 0.390 e. The van der Waals surface area contributed by atoms with E-state index >= 15 is 0 Å². The molecule has 0 aromatic carbocycles. The summed E-state index contributed by atoms with van der Waals surface area (Å²) < 4.78 is 0. The number of hydrogen-bond donors (Lipinski definition) is 4. The summed E-state index contributed by atoms with van der Waals surface area (Å²) >= 11 is 1.39. The van der Waals surface area contributed by atoms with Crippen LogP contribution in [0.3, 0.4) is 0 Å². The molecule has 4 aliphatic rings. The number of aliphatic hydroxyl groups is 1. The molecule has 4 fully saturated rings. The van der Waals surface area contributed by atoms with Crippen LogP contribution in [0.4, 0.5) is 10.8 Å². The van der Waals surface area contributed by atoms with Gasteiger partial charge < -0.3 is 15.4 Å². The third-order valence-electron chi connectivity index (χ3n) is 7.04. The Labute approximate surface area is 172 Å². The van der Waals surface area contributed by atoms with E-state index in [0.717, 1.165) is 36.0 Å². The number of thiazole rings is 1. The summed E-state index contributed by atoms with van der Waals surface area (Å²) in [6.07, 6.45) is 10.2. The van der Waals surface area contributed by atoms with Crippen LogP contribution >= 0.6 is 11.3 Å². The van der Waals surface area contributed by atoms with Gasteiger partial charge in [-0.1, -0.05) is 0 Å². The number of fused-ring (bicyclic) bond motifs is 1. The number of aromatic amines is 1. The van der Waals surface area contributed by atoms with Gasteiger partial charge in [0, 0.05) is 35.4 Å². The minimum Gasteiger partial charge on any atom is -0.390 e. The van der Waals surface area contributed by atoms with Crippen LogP contribution < -0.4 is 10.6 Å². The first kappa shape index (κ1) is 17.4. The fraction of sp³-hybridized carbons (Fsp3) is 0.476. The van der Waals surface area contributed by atoms with Crippen LogP contribution in [0.5, 0.6) is 0 Å². The first-order chi connectivity index (χ1) is 14.1. The molecule has 4 bridgehead atoms. The molecule has 2 unspecified atom stereocenters. The second-order valence-electron chi connectivity index (χ2n) is 8.94. The van der Waals surface area contributed by atoms with E-state index in [9.17, 15) is 9.90 Å². The molecule has 4 N–H and O–H groups in total. The molecule has 0 radical (unpaired) electrons. The second-order valence-corrected chi connectivity index (χ2v) is 9.84. The molecule has 1 amide bonds. The van der Waals surface area contributed by atoms with Crippen molar-refractivity contribution in [3.8, 4) is 0 Å². The molecular weight excluding hydrogens is 386 g/mol. The normalized spacial score (nSPS) is 32.6. The summed E-state index contributed by atoms with van der Waals surface area (Å²) in [6.45, 7) is 0. The molecule has 0 saturated heterocycles. The molecule has 0 spiro atoms. The van der Waals surface area contributed by atoms with Gasteiger partial charge in [0.05, 0.1) is 16.9 Å². The fourth-order valence-electron chi connectivity index (χ4n) is 6.17. The second kappa shape index (κ2) is 6.27. The summed E-state index contributed by atoms with van der Waals surface area (Å²) in [5.74, 6) is 1.33. The van der Waals surface area contributed by atoms with Crippen LogP contribution in [0.15, 0.2) is 30.0 Å². The van der Waals surface area contributed by atoms with Crippen LogP contribution in [0.2, 0.25) is 0 Å². The first-order valence-corrected chi connectivity index (χ1v) is 11.1. The lowest BCUT2D eigenvalue weighted by Gasteiger charge is -2.58. The van der Waals surface area contributed by atoms with Crippen molar-refractivity contribution in [3.63, 3.8) is 0 Å². The minimum atomic E-state index is -0.471. The number of hydrogen-bond acceptors (Lipinski definition) is 6. The zero-order valence-electron chi connectivity index (χ0n) is 15.9. The standard InChI is InChI=1S/C21H23N5O2S/c27-19(26-20-23-3-4-29-20)15-10-24-18-14(1-2-22-18)17(15)25-16-12-5-11-6-13(16)9-21(28,7-11)8-12/h1-4,10-13,16,28H,5-9H2,(H2,22,24,25)(H,23,26,27). The number of carbonyl (C=O) groups excluding carboxylic acids is 1. The molecule has 4 saturated carbocycles. The van der Waals surface area contributed by atoms with Crippen molar-refractivity contribution >= 4 is 39.1 Å². The lowest BCUT2D eigenvalue weighted by molar-refractivity contribution is -0.129. The van der Waals surface area contributed by atoms with Crippen molar-refractivity contribution in [1.29, 1.82) is 0 Å². The van der Waals surface area contributed by atoms with E-state index < -0.39 is 5.60 Å². The van der Waals surface area contributed by atoms with Gasteiger partial charge in [-0.05, 0) is 55.9 Å². The average Bonchev–Trinajstić information content (AvgIpc) is 3.34. The number of H-pyrrole nitrogens is 1. The van der Waals surface area contributed by atoms with Gasteiger partial charge in [-0.15, -0.1) is 11.3 Å². The Morgan fingerprint density at radius 1 is 1.24 bits per heavy atom. The molecule has 3 aromatic rings. The average molecular weight is 410 g/mol. The molecule has 8 heteroatoms. The predicted molar refractivity (Wildman–Crippen MR) is 112 cm³/mol. The van der Waals surface area contributed by atoms with E-state index in [4.69, 9.17) is 0 Å². The third-order valence-corrected chi connectivity index (χ3v) is 7.72. The van der Waals surface area contributed by atoms with E-state index in [2.05, 4.69) is 25.6 Å². The van der Waals surface area contributed by atoms with Crippen LogP contribution in [0, 0.1) is 17.8 Å². The Morgan fingerprint density at radius 3 is 2.79 bits per heavy atom. The van der Waals surface area contributed by atoms with Crippen molar-refractivity contribution in [2.24, 2.45) is 17.8 Å². The quantitative estimate of drug-likeness (QED) is 0.527. The molecule has 3 heterocycles. The smallest absolute Gasteiger partial charge is 0.261 e. The lowest BCUT2D eigenvalue weighted by Crippen LogP contribution is -2.59. The Hall–Kier alpha value is -2.45. The zero-order valence-corrected chi connectivity index (χ0v) is 16.7. The first-order valence-electron chi connectivity index (χ1n) is 10.2. The van der Waals surface area contributed by atoms with Crippen LogP contribution in [0.25, 0.3) is 11.0 Å². The van der Waals surface area contributed by atoms with Crippen molar-refractivity contribution in [2.75, 3.05) is 10.6 Å².